The number of hydrogen-bond donors (Lipinski definition) is 2. The highest BCUT2D eigenvalue weighted by atomic mass is 35.5. The highest BCUT2D eigenvalue weighted by molar-refractivity contribution is 7.18. The summed E-state index contributed by atoms with van der Waals surface area (Å²) in [6.07, 6.45) is 4.86. The molecule has 2 aromatic rings. The molecule has 0 spiro atoms. The fraction of sp³-hybridized carbons (Fsp3) is 0.440. The predicted molar refractivity (Wildman–Crippen MR) is 136 cm³/mol. The van der Waals surface area contributed by atoms with Gasteiger partial charge in [0.25, 0.3) is 5.91 Å². The van der Waals surface area contributed by atoms with Crippen molar-refractivity contribution in [1.29, 1.82) is 5.26 Å². The van der Waals surface area contributed by atoms with Crippen LogP contribution in [0.1, 0.15) is 40.9 Å². The average Bonchev–Trinajstić information content (AvgIpc) is 3.31. The number of carbonyl (C=O) groups is 2. The zero-order chi connectivity index (χ0) is 24.6. The predicted octanol–water partition coefficient (Wildman–Crippen LogP) is 4.35. The van der Waals surface area contributed by atoms with Crippen LogP contribution in [0.3, 0.4) is 0 Å². The average molecular weight is 512 g/mol. The maximum absolute atomic E-state index is 13.5. The summed E-state index contributed by atoms with van der Waals surface area (Å²) in [7, 11) is 0. The van der Waals surface area contributed by atoms with Crippen molar-refractivity contribution >= 4 is 52.0 Å². The molecule has 1 aliphatic heterocycles. The first kappa shape index (κ1) is 23.8. The molecule has 3 fully saturated rings. The van der Waals surface area contributed by atoms with Gasteiger partial charge in [-0.25, -0.2) is 0 Å². The maximum Gasteiger partial charge on any atom is 0.262 e. The normalized spacial score (nSPS) is 26.5. The van der Waals surface area contributed by atoms with Gasteiger partial charge >= 0.3 is 0 Å². The number of fused-ring (bicyclic) bond motifs is 1. The highest BCUT2D eigenvalue weighted by Crippen LogP contribution is 2.56. The second kappa shape index (κ2) is 9.61. The number of ether oxygens (including phenoxy) is 1. The topological polar surface area (TPSA) is 107 Å². The number of benzene rings is 1. The van der Waals surface area contributed by atoms with Crippen LogP contribution in [-0.2, 0) is 9.53 Å². The zero-order valence-corrected chi connectivity index (χ0v) is 20.9. The first-order valence-electron chi connectivity index (χ1n) is 11.7. The monoisotopic (exact) mass is 511 g/mol. The number of nitriles is 1. The molecule has 182 valence electrons. The summed E-state index contributed by atoms with van der Waals surface area (Å²) in [6.45, 7) is 3.63. The van der Waals surface area contributed by atoms with Crippen LogP contribution >= 0.6 is 22.9 Å². The Bertz CT molecular complexity index is 1230. The first-order chi connectivity index (χ1) is 16.9. The van der Waals surface area contributed by atoms with Crippen molar-refractivity contribution in [2.45, 2.75) is 38.1 Å². The Kier molecular flexibility index (Phi) is 6.53. The van der Waals surface area contributed by atoms with Crippen molar-refractivity contribution in [3.05, 3.63) is 45.1 Å². The van der Waals surface area contributed by atoms with Gasteiger partial charge in [0.15, 0.2) is 0 Å². The lowest BCUT2D eigenvalue weighted by molar-refractivity contribution is -0.122. The summed E-state index contributed by atoms with van der Waals surface area (Å²) in [5.41, 5.74) is 1.59. The van der Waals surface area contributed by atoms with Crippen molar-refractivity contribution in [1.82, 2.24) is 5.32 Å². The van der Waals surface area contributed by atoms with Gasteiger partial charge in [-0.05, 0) is 73.9 Å². The van der Waals surface area contributed by atoms with E-state index in [-0.39, 0.29) is 11.8 Å². The standard InChI is InChI=1S/C25H26ClN5O3S/c1-15-10-18(2-3-19(15)31-7-9-34-8-6-22(31)28-14-27)29-24(33)25(12-16-11-17(16)13-25)30-23(32)20-4-5-21(26)35-20/h2-5,10,16-17H,6-9,11-13H2,1H3,(H,29,33)(H,30,32)/b28-22-. The molecule has 1 aromatic carbocycles. The third-order valence-corrected chi connectivity index (χ3v) is 8.27. The third-order valence-electron chi connectivity index (χ3n) is 7.04. The largest absolute Gasteiger partial charge is 0.379 e. The molecule has 3 aliphatic rings. The van der Waals surface area contributed by atoms with Crippen molar-refractivity contribution in [3.63, 3.8) is 0 Å². The van der Waals surface area contributed by atoms with Crippen molar-refractivity contribution in [2.75, 3.05) is 30.0 Å². The van der Waals surface area contributed by atoms with E-state index in [9.17, 15) is 9.59 Å². The van der Waals surface area contributed by atoms with Crippen LogP contribution in [0.5, 0.6) is 0 Å². The van der Waals surface area contributed by atoms with E-state index in [0.717, 1.165) is 17.7 Å². The lowest BCUT2D eigenvalue weighted by Crippen LogP contribution is -2.55. The van der Waals surface area contributed by atoms with Gasteiger partial charge in [0.2, 0.25) is 12.1 Å². The van der Waals surface area contributed by atoms with Crippen LogP contribution in [0.2, 0.25) is 4.34 Å². The van der Waals surface area contributed by atoms with Crippen molar-refractivity contribution in [2.24, 2.45) is 16.8 Å². The molecular formula is C25H26ClN5O3S. The Balaban J connectivity index is 1.34. The van der Waals surface area contributed by atoms with E-state index < -0.39 is 5.54 Å². The van der Waals surface area contributed by atoms with Gasteiger partial charge in [0, 0.05) is 24.3 Å². The summed E-state index contributed by atoms with van der Waals surface area (Å²) >= 11 is 7.21. The fourth-order valence-electron chi connectivity index (χ4n) is 5.25. The minimum Gasteiger partial charge on any atom is -0.379 e. The van der Waals surface area contributed by atoms with Crippen LogP contribution in [0.25, 0.3) is 0 Å². The summed E-state index contributed by atoms with van der Waals surface area (Å²) in [6, 6.07) is 9.05. The molecule has 10 heteroatoms. The Labute approximate surface area is 212 Å². The second-order valence-corrected chi connectivity index (χ2v) is 11.1. The van der Waals surface area contributed by atoms with E-state index in [1.54, 1.807) is 12.1 Å². The van der Waals surface area contributed by atoms with Crippen LogP contribution < -0.4 is 15.5 Å². The second-order valence-electron chi connectivity index (χ2n) is 9.40. The number of amidine groups is 1. The molecule has 1 aromatic heterocycles. The molecule has 0 radical (unpaired) electrons. The summed E-state index contributed by atoms with van der Waals surface area (Å²) in [5.74, 6) is 1.19. The molecule has 2 atom stereocenters. The molecule has 5 rings (SSSR count). The van der Waals surface area contributed by atoms with Gasteiger partial charge in [-0.1, -0.05) is 11.6 Å². The number of halogens is 1. The van der Waals surface area contributed by atoms with Crippen LogP contribution in [0.4, 0.5) is 11.4 Å². The van der Waals surface area contributed by atoms with Gasteiger partial charge in [-0.3, -0.25) is 9.59 Å². The Morgan fingerprint density at radius 2 is 2.06 bits per heavy atom. The molecule has 8 nitrogen and oxygen atoms in total. The number of aryl methyl sites for hydroxylation is 1. The van der Waals surface area contributed by atoms with E-state index in [4.69, 9.17) is 21.6 Å². The number of amides is 2. The van der Waals surface area contributed by atoms with E-state index >= 15 is 0 Å². The fourth-order valence-corrected chi connectivity index (χ4v) is 6.19. The number of nitrogens with zero attached hydrogens (tertiary/aromatic N) is 3. The third kappa shape index (κ3) is 4.92. The zero-order valence-electron chi connectivity index (χ0n) is 19.3. The maximum atomic E-state index is 13.5. The molecule has 2 unspecified atom stereocenters. The molecule has 2 saturated carbocycles. The molecule has 0 bridgehead atoms. The number of carbonyl (C=O) groups excluding carboxylic acids is 2. The van der Waals surface area contributed by atoms with Gasteiger partial charge in [0.05, 0.1) is 22.4 Å². The van der Waals surface area contributed by atoms with Gasteiger partial charge in [-0.15, -0.1) is 11.3 Å². The number of anilines is 2. The Morgan fingerprint density at radius 1 is 1.26 bits per heavy atom. The van der Waals surface area contributed by atoms with Crippen molar-refractivity contribution < 1.29 is 14.3 Å². The number of aliphatic imine (C=N–C) groups is 1. The molecule has 2 heterocycles. The van der Waals surface area contributed by atoms with Crippen molar-refractivity contribution in [3.8, 4) is 6.19 Å². The smallest absolute Gasteiger partial charge is 0.262 e. The van der Waals surface area contributed by atoms with Gasteiger partial charge in [0.1, 0.15) is 11.4 Å². The number of nitrogens with one attached hydrogen (secondary N) is 2. The summed E-state index contributed by atoms with van der Waals surface area (Å²) < 4.78 is 6.09. The lowest BCUT2D eigenvalue weighted by atomic mass is 9.91. The molecule has 1 saturated heterocycles. The van der Waals surface area contributed by atoms with Gasteiger partial charge < -0.3 is 20.3 Å². The summed E-state index contributed by atoms with van der Waals surface area (Å²) in [5, 5.41) is 15.2. The SMILES string of the molecule is Cc1cc(NC(=O)C2(NC(=O)c3ccc(Cl)s3)CC3CC3C2)ccc1N1CCOCC/C1=N/C#N. The van der Waals surface area contributed by atoms with E-state index in [2.05, 4.69) is 15.6 Å². The van der Waals surface area contributed by atoms with E-state index in [1.807, 2.05) is 36.2 Å². The number of rotatable bonds is 5. The number of hydrogen-bond acceptors (Lipinski definition) is 6. The molecule has 35 heavy (non-hydrogen) atoms. The minimum atomic E-state index is -0.928. The van der Waals surface area contributed by atoms with E-state index in [0.29, 0.717) is 71.6 Å². The first-order valence-corrected chi connectivity index (χ1v) is 12.9. The molecule has 2 amide bonds. The van der Waals surface area contributed by atoms with Gasteiger partial charge in [-0.2, -0.15) is 10.3 Å². The highest BCUT2D eigenvalue weighted by Gasteiger charge is 2.58. The summed E-state index contributed by atoms with van der Waals surface area (Å²) in [4.78, 5) is 32.9. The Morgan fingerprint density at radius 3 is 2.74 bits per heavy atom. The number of thiophene rings is 1. The van der Waals surface area contributed by atoms with Crippen LogP contribution in [0.15, 0.2) is 35.3 Å². The molecular weight excluding hydrogens is 486 g/mol. The minimum absolute atomic E-state index is 0.192. The quantitative estimate of drug-likeness (QED) is 0.580. The molecule has 2 N–H and O–H groups in total. The van der Waals surface area contributed by atoms with E-state index in [1.165, 1.54) is 11.3 Å². The van der Waals surface area contributed by atoms with Crippen LogP contribution in [0, 0.1) is 30.2 Å². The molecule has 2 aliphatic carbocycles. The van der Waals surface area contributed by atoms with Crippen LogP contribution in [-0.4, -0.2) is 42.9 Å². The Hall–Kier alpha value is -2.93. The lowest BCUT2D eigenvalue weighted by Gasteiger charge is -2.31.